The zero-order valence-corrected chi connectivity index (χ0v) is 17.8. The van der Waals surface area contributed by atoms with E-state index in [2.05, 4.69) is 21.6 Å². The van der Waals surface area contributed by atoms with E-state index in [1.54, 1.807) is 0 Å². The van der Waals surface area contributed by atoms with Crippen molar-refractivity contribution in [2.45, 2.75) is 45.6 Å². The number of ether oxygens (including phenoxy) is 1. The van der Waals surface area contributed by atoms with Gasteiger partial charge < -0.3 is 14.6 Å². The summed E-state index contributed by atoms with van der Waals surface area (Å²) in [6.07, 6.45) is 0. The van der Waals surface area contributed by atoms with E-state index in [9.17, 15) is 4.79 Å². The van der Waals surface area contributed by atoms with Gasteiger partial charge in [0, 0.05) is 13.1 Å². The van der Waals surface area contributed by atoms with Crippen molar-refractivity contribution in [1.29, 1.82) is 0 Å². The lowest BCUT2D eigenvalue weighted by Gasteiger charge is -2.11. The average Bonchev–Trinajstić information content (AvgIpc) is 3.14. The fourth-order valence-electron chi connectivity index (χ4n) is 2.83. The van der Waals surface area contributed by atoms with E-state index in [0.717, 1.165) is 33.4 Å². The van der Waals surface area contributed by atoms with Crippen LogP contribution < -0.4 is 10.1 Å². The van der Waals surface area contributed by atoms with Crippen molar-refractivity contribution >= 4 is 17.7 Å². The molecule has 3 aromatic rings. The number of nitrogens with zero attached hydrogens (tertiary/aromatic N) is 3. The molecule has 0 bridgehead atoms. The molecule has 0 fully saturated rings. The van der Waals surface area contributed by atoms with Crippen LogP contribution in [0.15, 0.2) is 53.7 Å². The predicted molar refractivity (Wildman–Crippen MR) is 115 cm³/mol. The lowest BCUT2D eigenvalue weighted by Crippen LogP contribution is -2.24. The SMILES string of the molecule is CCn1c(COc2cc(C)ccc2C)nnc1SCC(=O)NCc1ccccc1. The molecule has 0 radical (unpaired) electrons. The number of carbonyl (C=O) groups excluding carboxylic acids is 1. The Bertz CT molecular complexity index is 957. The van der Waals surface area contributed by atoms with Gasteiger partial charge in [0.15, 0.2) is 11.0 Å². The highest BCUT2D eigenvalue weighted by atomic mass is 32.2. The molecule has 0 aliphatic heterocycles. The van der Waals surface area contributed by atoms with Gasteiger partial charge in [-0.25, -0.2) is 0 Å². The first-order chi connectivity index (χ1) is 14.1. The molecule has 1 N–H and O–H groups in total. The Labute approximate surface area is 175 Å². The van der Waals surface area contributed by atoms with Crippen LogP contribution in [0, 0.1) is 13.8 Å². The van der Waals surface area contributed by atoms with Crippen LogP contribution in [0.3, 0.4) is 0 Å². The molecule has 1 amide bonds. The highest BCUT2D eigenvalue weighted by molar-refractivity contribution is 7.99. The number of amides is 1. The van der Waals surface area contributed by atoms with Gasteiger partial charge in [-0.15, -0.1) is 10.2 Å². The van der Waals surface area contributed by atoms with Crippen molar-refractivity contribution < 1.29 is 9.53 Å². The molecule has 0 unspecified atom stereocenters. The van der Waals surface area contributed by atoms with Crippen LogP contribution in [0.2, 0.25) is 0 Å². The van der Waals surface area contributed by atoms with Crippen LogP contribution in [0.1, 0.15) is 29.4 Å². The number of aryl methyl sites for hydroxylation is 2. The second-order valence-corrected chi connectivity index (χ2v) is 7.69. The smallest absolute Gasteiger partial charge is 0.230 e. The number of benzene rings is 2. The van der Waals surface area contributed by atoms with Gasteiger partial charge in [0.25, 0.3) is 0 Å². The number of aromatic nitrogens is 3. The van der Waals surface area contributed by atoms with Gasteiger partial charge in [-0.2, -0.15) is 0 Å². The van der Waals surface area contributed by atoms with Crippen LogP contribution in [-0.4, -0.2) is 26.4 Å². The predicted octanol–water partition coefficient (Wildman–Crippen LogP) is 3.90. The van der Waals surface area contributed by atoms with Gasteiger partial charge in [0.1, 0.15) is 12.4 Å². The molecule has 152 valence electrons. The first-order valence-electron chi connectivity index (χ1n) is 9.62. The molecule has 1 heterocycles. The Morgan fingerprint density at radius 1 is 1.14 bits per heavy atom. The molecule has 6 nitrogen and oxygen atoms in total. The largest absolute Gasteiger partial charge is 0.485 e. The molecule has 1 aromatic heterocycles. The molecule has 0 saturated carbocycles. The Kier molecular flexibility index (Phi) is 7.30. The molecule has 0 saturated heterocycles. The van der Waals surface area contributed by atoms with Crippen molar-refractivity contribution in [2.24, 2.45) is 0 Å². The quantitative estimate of drug-likeness (QED) is 0.542. The zero-order valence-electron chi connectivity index (χ0n) is 17.0. The van der Waals surface area contributed by atoms with Gasteiger partial charge in [-0.05, 0) is 43.5 Å². The lowest BCUT2D eigenvalue weighted by atomic mass is 10.1. The van der Waals surface area contributed by atoms with Crippen LogP contribution in [0.5, 0.6) is 5.75 Å². The van der Waals surface area contributed by atoms with Crippen molar-refractivity contribution in [2.75, 3.05) is 5.75 Å². The molecule has 29 heavy (non-hydrogen) atoms. The summed E-state index contributed by atoms with van der Waals surface area (Å²) in [7, 11) is 0. The van der Waals surface area contributed by atoms with Gasteiger partial charge in [0.05, 0.1) is 5.75 Å². The number of nitrogens with one attached hydrogen (secondary N) is 1. The van der Waals surface area contributed by atoms with Gasteiger partial charge in [-0.1, -0.05) is 54.2 Å². The fourth-order valence-corrected chi connectivity index (χ4v) is 3.68. The van der Waals surface area contributed by atoms with Gasteiger partial charge in [-0.3, -0.25) is 4.79 Å². The molecule has 0 spiro atoms. The van der Waals surface area contributed by atoms with Crippen molar-refractivity contribution in [3.8, 4) is 5.75 Å². The van der Waals surface area contributed by atoms with Crippen LogP contribution in [0.4, 0.5) is 0 Å². The normalized spacial score (nSPS) is 10.7. The molecule has 0 atom stereocenters. The Balaban J connectivity index is 1.54. The molecule has 3 rings (SSSR count). The minimum atomic E-state index is -0.0299. The number of hydrogen-bond acceptors (Lipinski definition) is 5. The Hall–Kier alpha value is -2.80. The molecule has 0 aliphatic rings. The number of thioether (sulfide) groups is 1. The summed E-state index contributed by atoms with van der Waals surface area (Å²) in [6.45, 7) is 7.67. The summed E-state index contributed by atoms with van der Waals surface area (Å²) >= 11 is 1.38. The first-order valence-corrected chi connectivity index (χ1v) is 10.6. The second kappa shape index (κ2) is 10.1. The number of rotatable bonds is 9. The minimum Gasteiger partial charge on any atom is -0.485 e. The zero-order chi connectivity index (χ0) is 20.6. The topological polar surface area (TPSA) is 69.0 Å². The third kappa shape index (κ3) is 5.84. The Morgan fingerprint density at radius 3 is 2.69 bits per heavy atom. The highest BCUT2D eigenvalue weighted by Gasteiger charge is 2.14. The highest BCUT2D eigenvalue weighted by Crippen LogP contribution is 2.22. The maximum atomic E-state index is 12.2. The van der Waals surface area contributed by atoms with E-state index < -0.39 is 0 Å². The maximum absolute atomic E-state index is 12.2. The molecule has 7 heteroatoms. The van der Waals surface area contributed by atoms with E-state index in [-0.39, 0.29) is 5.91 Å². The van der Waals surface area contributed by atoms with Gasteiger partial charge >= 0.3 is 0 Å². The lowest BCUT2D eigenvalue weighted by molar-refractivity contribution is -0.118. The van der Waals surface area contributed by atoms with Crippen LogP contribution in [0.25, 0.3) is 0 Å². The molecule has 0 aliphatic carbocycles. The Morgan fingerprint density at radius 2 is 1.93 bits per heavy atom. The van der Waals surface area contributed by atoms with E-state index in [4.69, 9.17) is 4.74 Å². The molecular formula is C22H26N4O2S. The molecule has 2 aromatic carbocycles. The van der Waals surface area contributed by atoms with E-state index in [0.29, 0.717) is 25.4 Å². The summed E-state index contributed by atoms with van der Waals surface area (Å²) in [4.78, 5) is 12.2. The monoisotopic (exact) mass is 410 g/mol. The average molecular weight is 411 g/mol. The number of hydrogen-bond donors (Lipinski definition) is 1. The van der Waals surface area contributed by atoms with E-state index in [1.807, 2.05) is 67.8 Å². The maximum Gasteiger partial charge on any atom is 0.230 e. The van der Waals surface area contributed by atoms with Crippen molar-refractivity contribution in [3.63, 3.8) is 0 Å². The van der Waals surface area contributed by atoms with E-state index in [1.165, 1.54) is 11.8 Å². The fraction of sp³-hybridized carbons (Fsp3) is 0.318. The van der Waals surface area contributed by atoms with Crippen molar-refractivity contribution in [1.82, 2.24) is 20.1 Å². The van der Waals surface area contributed by atoms with Gasteiger partial charge in [0.2, 0.25) is 5.91 Å². The minimum absolute atomic E-state index is 0.0299. The summed E-state index contributed by atoms with van der Waals surface area (Å²) in [5, 5.41) is 12.2. The van der Waals surface area contributed by atoms with Crippen LogP contribution in [-0.2, 0) is 24.5 Å². The summed E-state index contributed by atoms with van der Waals surface area (Å²) in [6, 6.07) is 16.0. The summed E-state index contributed by atoms with van der Waals surface area (Å²) in [5.41, 5.74) is 3.32. The van der Waals surface area contributed by atoms with E-state index >= 15 is 0 Å². The summed E-state index contributed by atoms with van der Waals surface area (Å²) < 4.78 is 7.95. The summed E-state index contributed by atoms with van der Waals surface area (Å²) in [5.74, 6) is 1.87. The third-order valence-electron chi connectivity index (χ3n) is 4.47. The number of carbonyl (C=O) groups is 1. The second-order valence-electron chi connectivity index (χ2n) is 6.75. The molecular weight excluding hydrogens is 384 g/mol. The standard InChI is InChI=1S/C22H26N4O2S/c1-4-26-20(14-28-19-12-16(2)10-11-17(19)3)24-25-22(26)29-15-21(27)23-13-18-8-6-5-7-9-18/h5-12H,4,13-15H2,1-3H3,(H,23,27). The first kappa shape index (κ1) is 20.9. The third-order valence-corrected chi connectivity index (χ3v) is 5.44. The van der Waals surface area contributed by atoms with Crippen molar-refractivity contribution in [3.05, 3.63) is 71.0 Å². The van der Waals surface area contributed by atoms with Crippen LogP contribution >= 0.6 is 11.8 Å².